The number of nitrogens with zero attached hydrogens (tertiary/aromatic N) is 2. The number of nitrogens with one attached hydrogen (secondary N) is 2. The summed E-state index contributed by atoms with van der Waals surface area (Å²) in [6, 6.07) is 17.7. The van der Waals surface area contributed by atoms with E-state index in [1.165, 1.54) is 0 Å². The molecule has 0 spiro atoms. The third-order valence-corrected chi connectivity index (χ3v) is 5.09. The van der Waals surface area contributed by atoms with Crippen molar-refractivity contribution >= 4 is 17.4 Å². The number of rotatable bonds is 6. The lowest BCUT2D eigenvalue weighted by Gasteiger charge is -2.23. The van der Waals surface area contributed by atoms with E-state index in [0.717, 1.165) is 43.7 Å². The first kappa shape index (κ1) is 20.0. The van der Waals surface area contributed by atoms with Gasteiger partial charge in [-0.05, 0) is 36.6 Å². The summed E-state index contributed by atoms with van der Waals surface area (Å²) in [5, 5.41) is 6.39. The van der Waals surface area contributed by atoms with Gasteiger partial charge < -0.3 is 21.1 Å². The number of nitrogen functional groups attached to an aromatic ring is 1. The molecular formula is C23H25N5O2. The quantitative estimate of drug-likeness (QED) is 0.584. The number of benzene rings is 2. The van der Waals surface area contributed by atoms with Crippen LogP contribution in [0.4, 0.5) is 11.5 Å². The van der Waals surface area contributed by atoms with Crippen molar-refractivity contribution in [3.63, 3.8) is 0 Å². The standard InChI is InChI=1S/C23H25N5O2/c24-22-21(23(29)27-19-7-2-1-3-8-19)28-20(15-26-22)17-6-4-5-16(13-17)14-25-18-9-11-30-12-10-18/h1-8,13,15,18,25H,9-12,14H2,(H2,24,26)(H,27,29). The Morgan fingerprint density at radius 2 is 1.90 bits per heavy atom. The number of anilines is 2. The first-order valence-electron chi connectivity index (χ1n) is 10.1. The zero-order chi connectivity index (χ0) is 20.8. The number of hydrogen-bond donors (Lipinski definition) is 3. The van der Waals surface area contributed by atoms with Crippen LogP contribution in [0.15, 0.2) is 60.8 Å². The fraction of sp³-hybridized carbons (Fsp3) is 0.261. The molecule has 0 saturated carbocycles. The van der Waals surface area contributed by atoms with E-state index < -0.39 is 0 Å². The van der Waals surface area contributed by atoms with E-state index in [1.807, 2.05) is 30.3 Å². The number of amides is 1. The lowest BCUT2D eigenvalue weighted by atomic mass is 10.1. The van der Waals surface area contributed by atoms with E-state index in [1.54, 1.807) is 18.3 Å². The molecule has 1 saturated heterocycles. The van der Waals surface area contributed by atoms with Crippen LogP contribution in [0.3, 0.4) is 0 Å². The van der Waals surface area contributed by atoms with Crippen molar-refractivity contribution in [1.82, 2.24) is 15.3 Å². The predicted octanol–water partition coefficient (Wildman–Crippen LogP) is 3.25. The highest BCUT2D eigenvalue weighted by Gasteiger charge is 2.16. The van der Waals surface area contributed by atoms with Crippen molar-refractivity contribution < 1.29 is 9.53 Å². The molecule has 154 valence electrons. The van der Waals surface area contributed by atoms with Crippen molar-refractivity contribution in [3.05, 3.63) is 72.1 Å². The lowest BCUT2D eigenvalue weighted by molar-refractivity contribution is 0.0776. The Kier molecular flexibility index (Phi) is 6.32. The minimum atomic E-state index is -0.384. The van der Waals surface area contributed by atoms with Crippen LogP contribution in [0.5, 0.6) is 0 Å². The fourth-order valence-corrected chi connectivity index (χ4v) is 3.42. The Bertz CT molecular complexity index is 1000. The van der Waals surface area contributed by atoms with Gasteiger partial charge in [-0.1, -0.05) is 36.4 Å². The number of nitrogens with two attached hydrogens (primary N) is 1. The van der Waals surface area contributed by atoms with Gasteiger partial charge in [-0.15, -0.1) is 0 Å². The highest BCUT2D eigenvalue weighted by Crippen LogP contribution is 2.21. The van der Waals surface area contributed by atoms with Crippen molar-refractivity contribution in [3.8, 4) is 11.3 Å². The van der Waals surface area contributed by atoms with Crippen LogP contribution < -0.4 is 16.4 Å². The van der Waals surface area contributed by atoms with E-state index >= 15 is 0 Å². The number of hydrogen-bond acceptors (Lipinski definition) is 6. The molecular weight excluding hydrogens is 378 g/mol. The molecule has 0 unspecified atom stereocenters. The molecule has 0 radical (unpaired) electrons. The van der Waals surface area contributed by atoms with Gasteiger partial charge in [0.15, 0.2) is 11.5 Å². The summed E-state index contributed by atoms with van der Waals surface area (Å²) >= 11 is 0. The normalized spacial score (nSPS) is 14.4. The maximum absolute atomic E-state index is 12.6. The van der Waals surface area contributed by atoms with Crippen LogP contribution in [0.2, 0.25) is 0 Å². The third-order valence-electron chi connectivity index (χ3n) is 5.09. The van der Waals surface area contributed by atoms with Crippen LogP contribution in [-0.4, -0.2) is 35.1 Å². The molecule has 4 rings (SSSR count). The van der Waals surface area contributed by atoms with Crippen LogP contribution >= 0.6 is 0 Å². The average Bonchev–Trinajstić information content (AvgIpc) is 2.79. The van der Waals surface area contributed by atoms with Gasteiger partial charge in [0.1, 0.15) is 0 Å². The highest BCUT2D eigenvalue weighted by molar-refractivity contribution is 6.05. The van der Waals surface area contributed by atoms with Crippen molar-refractivity contribution in [2.75, 3.05) is 24.3 Å². The van der Waals surface area contributed by atoms with E-state index in [-0.39, 0.29) is 17.4 Å². The molecule has 1 aromatic heterocycles. The van der Waals surface area contributed by atoms with Gasteiger partial charge >= 0.3 is 0 Å². The summed E-state index contributed by atoms with van der Waals surface area (Å²) in [5.41, 5.74) is 9.36. The summed E-state index contributed by atoms with van der Waals surface area (Å²) < 4.78 is 5.41. The lowest BCUT2D eigenvalue weighted by Crippen LogP contribution is -2.34. The van der Waals surface area contributed by atoms with Crippen LogP contribution in [0.25, 0.3) is 11.3 Å². The van der Waals surface area contributed by atoms with E-state index in [4.69, 9.17) is 10.5 Å². The van der Waals surface area contributed by atoms with E-state index in [0.29, 0.717) is 17.4 Å². The number of aromatic nitrogens is 2. The van der Waals surface area contributed by atoms with Gasteiger partial charge in [0.05, 0.1) is 11.9 Å². The molecule has 0 bridgehead atoms. The minimum absolute atomic E-state index is 0.101. The molecule has 3 aromatic rings. The van der Waals surface area contributed by atoms with Gasteiger partial charge in [-0.2, -0.15) is 0 Å². The summed E-state index contributed by atoms with van der Waals surface area (Å²) in [4.78, 5) is 21.3. The first-order valence-corrected chi connectivity index (χ1v) is 10.1. The Morgan fingerprint density at radius 3 is 2.70 bits per heavy atom. The van der Waals surface area contributed by atoms with E-state index in [9.17, 15) is 4.79 Å². The maximum atomic E-state index is 12.6. The monoisotopic (exact) mass is 403 g/mol. The molecule has 7 heteroatoms. The zero-order valence-electron chi connectivity index (χ0n) is 16.7. The summed E-state index contributed by atoms with van der Waals surface area (Å²) in [6.07, 6.45) is 3.66. The highest BCUT2D eigenvalue weighted by atomic mass is 16.5. The topological polar surface area (TPSA) is 102 Å². The SMILES string of the molecule is Nc1ncc(-c2cccc(CNC3CCOCC3)c2)nc1C(=O)Nc1ccccc1. The van der Waals surface area contributed by atoms with Crippen LogP contribution in [-0.2, 0) is 11.3 Å². The average molecular weight is 403 g/mol. The Hall–Kier alpha value is -3.29. The van der Waals surface area contributed by atoms with Gasteiger partial charge in [-0.3, -0.25) is 4.79 Å². The van der Waals surface area contributed by atoms with Gasteiger partial charge in [0.2, 0.25) is 0 Å². The molecule has 30 heavy (non-hydrogen) atoms. The van der Waals surface area contributed by atoms with E-state index in [2.05, 4.69) is 32.7 Å². The maximum Gasteiger partial charge on any atom is 0.278 e. The zero-order valence-corrected chi connectivity index (χ0v) is 16.7. The van der Waals surface area contributed by atoms with Crippen molar-refractivity contribution in [1.29, 1.82) is 0 Å². The van der Waals surface area contributed by atoms with Crippen molar-refractivity contribution in [2.24, 2.45) is 0 Å². The molecule has 2 heterocycles. The molecule has 2 aromatic carbocycles. The fourth-order valence-electron chi connectivity index (χ4n) is 3.42. The molecule has 7 nitrogen and oxygen atoms in total. The number of para-hydroxylation sites is 1. The first-order chi connectivity index (χ1) is 14.7. The summed E-state index contributed by atoms with van der Waals surface area (Å²) in [6.45, 7) is 2.39. The van der Waals surface area contributed by atoms with Crippen LogP contribution in [0, 0.1) is 0 Å². The molecule has 1 amide bonds. The number of carbonyl (C=O) groups is 1. The van der Waals surface area contributed by atoms with Gasteiger partial charge in [0.25, 0.3) is 5.91 Å². The second-order valence-corrected chi connectivity index (χ2v) is 7.28. The molecule has 1 aliphatic rings. The predicted molar refractivity (Wildman–Crippen MR) is 117 cm³/mol. The summed E-state index contributed by atoms with van der Waals surface area (Å²) in [7, 11) is 0. The Balaban J connectivity index is 1.49. The third kappa shape index (κ3) is 5.00. The number of carbonyl (C=O) groups excluding carboxylic acids is 1. The smallest absolute Gasteiger partial charge is 0.278 e. The largest absolute Gasteiger partial charge is 0.382 e. The Labute approximate surface area is 175 Å². The molecule has 0 aliphatic carbocycles. The molecule has 4 N–H and O–H groups in total. The van der Waals surface area contributed by atoms with Crippen LogP contribution in [0.1, 0.15) is 28.9 Å². The second kappa shape index (κ2) is 9.47. The van der Waals surface area contributed by atoms with Crippen molar-refractivity contribution in [2.45, 2.75) is 25.4 Å². The molecule has 0 atom stereocenters. The van der Waals surface area contributed by atoms with Gasteiger partial charge in [-0.25, -0.2) is 9.97 Å². The number of ether oxygens (including phenoxy) is 1. The molecule has 1 fully saturated rings. The second-order valence-electron chi connectivity index (χ2n) is 7.28. The summed E-state index contributed by atoms with van der Waals surface area (Å²) in [5.74, 6) is -0.282. The van der Waals surface area contributed by atoms with Gasteiger partial charge in [0, 0.05) is 37.1 Å². The molecule has 1 aliphatic heterocycles. The Morgan fingerprint density at radius 1 is 1.10 bits per heavy atom. The minimum Gasteiger partial charge on any atom is -0.382 e.